The van der Waals surface area contributed by atoms with Gasteiger partial charge in [-0.2, -0.15) is 0 Å². The molecule has 0 unspecified atom stereocenters. The number of aromatic carboxylic acids is 1. The van der Waals surface area contributed by atoms with Crippen molar-refractivity contribution >= 4 is 23.9 Å². The van der Waals surface area contributed by atoms with Crippen LogP contribution >= 0.6 is 0 Å². The Morgan fingerprint density at radius 1 is 0.521 bits per heavy atom. The SMILES string of the molecule is CC(C)[C@@H]1CC[C@@H](C)C[C@H]1OC(=O)c1cc(C(=O)O[C@@H]2C[C@H](C)CC[C@H]2C(C)C)c(C(=O)O[C@@H]2C[C@H](C)CC[C@H]2C(C)C)cc1C(=O)O. The zero-order valence-electron chi connectivity index (χ0n) is 30.8. The van der Waals surface area contributed by atoms with Crippen LogP contribution in [0.1, 0.15) is 162 Å². The summed E-state index contributed by atoms with van der Waals surface area (Å²) in [5.41, 5.74) is -0.987. The lowest BCUT2D eigenvalue weighted by Gasteiger charge is -2.37. The number of hydrogen-bond donors (Lipinski definition) is 1. The Morgan fingerprint density at radius 3 is 1.06 bits per heavy atom. The van der Waals surface area contributed by atoms with Crippen LogP contribution in [0.15, 0.2) is 12.1 Å². The van der Waals surface area contributed by atoms with E-state index in [2.05, 4.69) is 62.3 Å². The fraction of sp³-hybridized carbons (Fsp3) is 0.750. The van der Waals surface area contributed by atoms with Gasteiger partial charge in [-0.1, -0.05) is 81.6 Å². The van der Waals surface area contributed by atoms with E-state index < -0.39 is 29.4 Å². The normalized spacial score (nSPS) is 31.0. The Bertz CT molecular complexity index is 1310. The van der Waals surface area contributed by atoms with Crippen molar-refractivity contribution in [3.05, 3.63) is 34.4 Å². The molecule has 0 aromatic heterocycles. The predicted molar refractivity (Wildman–Crippen MR) is 185 cm³/mol. The molecular formula is C40H60O8. The number of esters is 3. The van der Waals surface area contributed by atoms with E-state index in [0.29, 0.717) is 37.0 Å². The molecule has 3 aliphatic carbocycles. The van der Waals surface area contributed by atoms with Gasteiger partial charge in [0.2, 0.25) is 0 Å². The third-order valence-electron chi connectivity index (χ3n) is 11.7. The average molecular weight is 669 g/mol. The summed E-state index contributed by atoms with van der Waals surface area (Å²) >= 11 is 0. The molecule has 1 aromatic carbocycles. The molecule has 0 radical (unpaired) electrons. The van der Waals surface area contributed by atoms with Crippen molar-refractivity contribution in [2.45, 2.75) is 138 Å². The molecule has 0 spiro atoms. The van der Waals surface area contributed by atoms with Gasteiger partial charge in [-0.3, -0.25) is 0 Å². The third kappa shape index (κ3) is 9.01. The predicted octanol–water partition coefficient (Wildman–Crippen LogP) is 9.24. The molecule has 0 heterocycles. The second kappa shape index (κ2) is 16.2. The Morgan fingerprint density at radius 2 is 0.792 bits per heavy atom. The summed E-state index contributed by atoms with van der Waals surface area (Å²) in [5, 5.41) is 10.3. The summed E-state index contributed by atoms with van der Waals surface area (Å²) in [5.74, 6) is -1.32. The van der Waals surface area contributed by atoms with E-state index in [1.165, 1.54) is 6.07 Å². The lowest BCUT2D eigenvalue weighted by atomic mass is 9.75. The molecule has 4 rings (SSSR count). The molecule has 0 aliphatic heterocycles. The highest BCUT2D eigenvalue weighted by molar-refractivity contribution is 6.10. The second-order valence-electron chi connectivity index (χ2n) is 16.6. The number of benzene rings is 1. The fourth-order valence-electron chi connectivity index (χ4n) is 8.64. The van der Waals surface area contributed by atoms with Crippen LogP contribution in [0, 0.1) is 53.3 Å². The highest BCUT2D eigenvalue weighted by Crippen LogP contribution is 2.39. The first-order valence-electron chi connectivity index (χ1n) is 18.6. The molecule has 3 aliphatic rings. The maximum Gasteiger partial charge on any atom is 0.339 e. The molecule has 268 valence electrons. The zero-order valence-corrected chi connectivity index (χ0v) is 30.8. The molecule has 3 saturated carbocycles. The highest BCUT2D eigenvalue weighted by Gasteiger charge is 2.39. The van der Waals surface area contributed by atoms with E-state index >= 15 is 0 Å². The first-order valence-corrected chi connectivity index (χ1v) is 18.6. The fourth-order valence-corrected chi connectivity index (χ4v) is 8.64. The number of hydrogen-bond acceptors (Lipinski definition) is 7. The van der Waals surface area contributed by atoms with Crippen molar-refractivity contribution < 1.29 is 38.5 Å². The monoisotopic (exact) mass is 668 g/mol. The van der Waals surface area contributed by atoms with Gasteiger partial charge in [-0.25, -0.2) is 19.2 Å². The largest absolute Gasteiger partial charge is 0.478 e. The Labute approximate surface area is 288 Å². The van der Waals surface area contributed by atoms with Gasteiger partial charge in [0.15, 0.2) is 0 Å². The van der Waals surface area contributed by atoms with Gasteiger partial charge in [0.25, 0.3) is 0 Å². The van der Waals surface area contributed by atoms with E-state index in [9.17, 15) is 24.3 Å². The van der Waals surface area contributed by atoms with Crippen LogP contribution in [-0.4, -0.2) is 47.3 Å². The minimum absolute atomic E-state index is 0.144. The Balaban J connectivity index is 1.75. The highest BCUT2D eigenvalue weighted by atomic mass is 16.6. The molecule has 8 heteroatoms. The van der Waals surface area contributed by atoms with Gasteiger partial charge >= 0.3 is 23.9 Å². The molecular weight excluding hydrogens is 608 g/mol. The zero-order chi connectivity index (χ0) is 35.4. The van der Waals surface area contributed by atoms with E-state index in [1.807, 2.05) is 0 Å². The minimum Gasteiger partial charge on any atom is -0.478 e. The van der Waals surface area contributed by atoms with Gasteiger partial charge in [0, 0.05) is 0 Å². The number of carboxylic acids is 1. The van der Waals surface area contributed by atoms with E-state index in [-0.39, 0.29) is 70.5 Å². The number of carboxylic acid groups (broad SMARTS) is 1. The van der Waals surface area contributed by atoms with E-state index in [4.69, 9.17) is 14.2 Å². The quantitative estimate of drug-likeness (QED) is 0.194. The van der Waals surface area contributed by atoms with Gasteiger partial charge in [-0.15, -0.1) is 0 Å². The summed E-state index contributed by atoms with van der Waals surface area (Å²) in [4.78, 5) is 54.7. The Kier molecular flexibility index (Phi) is 12.8. The summed E-state index contributed by atoms with van der Waals surface area (Å²) in [6.07, 6.45) is 6.86. The molecule has 9 atom stereocenters. The maximum absolute atomic E-state index is 14.1. The summed E-state index contributed by atoms with van der Waals surface area (Å²) in [6, 6.07) is 2.34. The van der Waals surface area contributed by atoms with Crippen molar-refractivity contribution in [1.82, 2.24) is 0 Å². The Hall–Kier alpha value is -2.90. The molecule has 8 nitrogen and oxygen atoms in total. The van der Waals surface area contributed by atoms with Crippen molar-refractivity contribution in [3.8, 4) is 0 Å². The van der Waals surface area contributed by atoms with Gasteiger partial charge in [-0.05, 0) is 104 Å². The van der Waals surface area contributed by atoms with E-state index in [1.54, 1.807) is 0 Å². The van der Waals surface area contributed by atoms with Crippen LogP contribution in [0.4, 0.5) is 0 Å². The van der Waals surface area contributed by atoms with Crippen LogP contribution < -0.4 is 0 Å². The van der Waals surface area contributed by atoms with Crippen LogP contribution in [0.3, 0.4) is 0 Å². The van der Waals surface area contributed by atoms with Crippen LogP contribution in [-0.2, 0) is 14.2 Å². The van der Waals surface area contributed by atoms with Crippen molar-refractivity contribution in [3.63, 3.8) is 0 Å². The molecule has 48 heavy (non-hydrogen) atoms. The summed E-state index contributed by atoms with van der Waals surface area (Å²) in [6.45, 7) is 19.1. The molecule has 1 aromatic rings. The van der Waals surface area contributed by atoms with Gasteiger partial charge < -0.3 is 19.3 Å². The second-order valence-corrected chi connectivity index (χ2v) is 16.6. The van der Waals surface area contributed by atoms with Gasteiger partial charge in [0.05, 0.1) is 22.3 Å². The minimum atomic E-state index is -1.39. The first-order chi connectivity index (χ1) is 22.6. The standard InChI is InChI=1S/C40H60O8/c1-21(2)27-13-10-24(7)16-34(27)46-38(43)31-20-33(40(45)48-36-18-26(9)12-15-29(36)23(5)6)32(19-30(31)37(41)42)39(44)47-35-17-25(8)11-14-28(35)22(3)4/h19-29,34-36H,10-18H2,1-9H3,(H,41,42)/t24-,25-,26-,27+,28+,29+,34-,35-,36-/m1/s1. The van der Waals surface area contributed by atoms with E-state index in [0.717, 1.165) is 44.6 Å². The third-order valence-corrected chi connectivity index (χ3v) is 11.7. The van der Waals surface area contributed by atoms with Crippen LogP contribution in [0.25, 0.3) is 0 Å². The number of ether oxygens (including phenoxy) is 3. The van der Waals surface area contributed by atoms with Crippen LogP contribution in [0.2, 0.25) is 0 Å². The van der Waals surface area contributed by atoms with Crippen molar-refractivity contribution in [1.29, 1.82) is 0 Å². The molecule has 0 amide bonds. The lowest BCUT2D eigenvalue weighted by molar-refractivity contribution is -0.0213. The van der Waals surface area contributed by atoms with Crippen molar-refractivity contribution in [2.75, 3.05) is 0 Å². The molecule has 0 bridgehead atoms. The van der Waals surface area contributed by atoms with Gasteiger partial charge in [0.1, 0.15) is 18.3 Å². The number of carbonyl (C=O) groups is 4. The number of rotatable bonds is 10. The topological polar surface area (TPSA) is 116 Å². The smallest absolute Gasteiger partial charge is 0.339 e. The molecule has 1 N–H and O–H groups in total. The first kappa shape index (κ1) is 37.9. The molecule has 3 fully saturated rings. The average Bonchev–Trinajstić information content (AvgIpc) is 2.99. The summed E-state index contributed by atoms with van der Waals surface area (Å²) < 4.78 is 18.4. The van der Waals surface area contributed by atoms with Crippen LogP contribution in [0.5, 0.6) is 0 Å². The molecule has 0 saturated heterocycles. The van der Waals surface area contributed by atoms with Crippen molar-refractivity contribution in [2.24, 2.45) is 53.3 Å². The lowest BCUT2D eigenvalue weighted by Crippen LogP contribution is -2.37. The maximum atomic E-state index is 14.1. The number of carbonyl (C=O) groups excluding carboxylic acids is 3. The summed E-state index contributed by atoms with van der Waals surface area (Å²) in [7, 11) is 0.